The van der Waals surface area contributed by atoms with Crippen molar-refractivity contribution in [2.24, 2.45) is 0 Å². The van der Waals surface area contributed by atoms with Gasteiger partial charge in [-0.1, -0.05) is 11.6 Å². The Labute approximate surface area is 170 Å². The van der Waals surface area contributed by atoms with E-state index in [9.17, 15) is 14.4 Å². The minimum atomic E-state index is -0.777. The first-order valence-electron chi connectivity index (χ1n) is 8.86. The van der Waals surface area contributed by atoms with Gasteiger partial charge in [0.25, 0.3) is 5.91 Å². The molecule has 0 aliphatic carbocycles. The number of rotatable bonds is 6. The van der Waals surface area contributed by atoms with Gasteiger partial charge in [-0.3, -0.25) is 14.4 Å². The van der Waals surface area contributed by atoms with E-state index in [4.69, 9.17) is 21.1 Å². The predicted molar refractivity (Wildman–Crippen MR) is 110 cm³/mol. The van der Waals surface area contributed by atoms with E-state index in [0.29, 0.717) is 33.1 Å². The third kappa shape index (κ3) is 4.60. The van der Waals surface area contributed by atoms with Crippen molar-refractivity contribution < 1.29 is 14.3 Å². The molecule has 0 spiro atoms. The highest BCUT2D eigenvalue weighted by molar-refractivity contribution is 6.32. The molecule has 29 heavy (non-hydrogen) atoms. The van der Waals surface area contributed by atoms with Crippen molar-refractivity contribution in [3.05, 3.63) is 67.2 Å². The summed E-state index contributed by atoms with van der Waals surface area (Å²) in [5, 5.41) is 3.17. The van der Waals surface area contributed by atoms with E-state index >= 15 is 0 Å². The second-order valence-corrected chi connectivity index (χ2v) is 7.03. The summed E-state index contributed by atoms with van der Waals surface area (Å²) in [6, 6.07) is 8.05. The number of benzene rings is 2. The largest absolute Gasteiger partial charge is 0.493 e. The Hall–Kier alpha value is -3.26. The highest BCUT2D eigenvalue weighted by Gasteiger charge is 2.14. The fraction of sp³-hybridized carbons (Fsp3) is 0.250. The molecule has 0 bridgehead atoms. The first-order valence-corrected chi connectivity index (χ1v) is 9.24. The second-order valence-electron chi connectivity index (χ2n) is 6.63. The summed E-state index contributed by atoms with van der Waals surface area (Å²) in [6.07, 6.45) is -0.0683. The molecule has 1 heterocycles. The fourth-order valence-corrected chi connectivity index (χ4v) is 3.04. The van der Waals surface area contributed by atoms with Gasteiger partial charge in [-0.25, -0.2) is 0 Å². The van der Waals surface area contributed by atoms with E-state index in [2.05, 4.69) is 15.3 Å². The number of aromatic nitrogens is 2. The maximum Gasteiger partial charge on any atom is 0.314 e. The summed E-state index contributed by atoms with van der Waals surface area (Å²) in [7, 11) is 1.52. The molecule has 152 valence electrons. The number of carbonyl (C=O) groups is 1. The Kier molecular flexibility index (Phi) is 5.93. The summed E-state index contributed by atoms with van der Waals surface area (Å²) >= 11 is 6.30. The molecule has 2 aromatic carbocycles. The molecule has 9 heteroatoms. The number of hydrogen-bond donors (Lipinski definition) is 3. The van der Waals surface area contributed by atoms with Crippen LogP contribution in [0.5, 0.6) is 11.5 Å². The molecule has 3 N–H and O–H groups in total. The van der Waals surface area contributed by atoms with Crippen molar-refractivity contribution in [1.82, 2.24) is 15.3 Å². The molecule has 1 amide bonds. The Bertz CT molecular complexity index is 1180. The smallest absolute Gasteiger partial charge is 0.314 e. The average molecular weight is 418 g/mol. The molecule has 0 fully saturated rings. The van der Waals surface area contributed by atoms with Crippen LogP contribution in [0, 0.1) is 0 Å². The van der Waals surface area contributed by atoms with E-state index in [1.165, 1.54) is 13.2 Å². The number of ether oxygens (including phenoxy) is 2. The van der Waals surface area contributed by atoms with E-state index in [1.54, 1.807) is 24.3 Å². The topological polar surface area (TPSA) is 113 Å². The van der Waals surface area contributed by atoms with Gasteiger partial charge in [0.15, 0.2) is 11.5 Å². The second kappa shape index (κ2) is 8.40. The minimum Gasteiger partial charge on any atom is -0.493 e. The van der Waals surface area contributed by atoms with Gasteiger partial charge in [-0.2, -0.15) is 0 Å². The van der Waals surface area contributed by atoms with E-state index in [1.807, 2.05) is 13.8 Å². The zero-order valence-corrected chi connectivity index (χ0v) is 16.8. The molecule has 3 rings (SSSR count). The number of amides is 1. The van der Waals surface area contributed by atoms with Crippen LogP contribution in [0.25, 0.3) is 11.0 Å². The van der Waals surface area contributed by atoms with E-state index in [-0.39, 0.29) is 18.6 Å². The van der Waals surface area contributed by atoms with Crippen LogP contribution in [0.3, 0.4) is 0 Å². The third-order valence-electron chi connectivity index (χ3n) is 4.08. The Morgan fingerprint density at radius 2 is 1.79 bits per heavy atom. The van der Waals surface area contributed by atoms with Crippen molar-refractivity contribution in [2.45, 2.75) is 26.5 Å². The minimum absolute atomic E-state index is 0.0683. The standard InChI is InChI=1S/C20H20ClN3O5/c1-10(2)29-17-13(21)6-11(7-16(17)28-3)9-22-18(25)12-4-5-14-15(8-12)24-20(27)19(26)23-14/h4-8,10H,9H2,1-3H3,(H,22,25)(H,23,26)(H,24,27). The van der Waals surface area contributed by atoms with Crippen molar-refractivity contribution in [3.8, 4) is 11.5 Å². The Morgan fingerprint density at radius 3 is 2.45 bits per heavy atom. The maximum absolute atomic E-state index is 12.5. The number of H-pyrrole nitrogens is 2. The number of fused-ring (bicyclic) bond motifs is 1. The summed E-state index contributed by atoms with van der Waals surface area (Å²) in [5.41, 5.74) is 0.337. The van der Waals surface area contributed by atoms with Gasteiger partial charge in [0, 0.05) is 12.1 Å². The molecule has 1 aromatic heterocycles. The molecule has 0 radical (unpaired) electrons. The number of hydrogen-bond acceptors (Lipinski definition) is 5. The number of methoxy groups -OCH3 is 1. The molecule has 0 saturated heterocycles. The lowest BCUT2D eigenvalue weighted by Gasteiger charge is -2.16. The average Bonchev–Trinajstić information content (AvgIpc) is 2.68. The lowest BCUT2D eigenvalue weighted by molar-refractivity contribution is 0.0951. The first kappa shape index (κ1) is 20.5. The van der Waals surface area contributed by atoms with Gasteiger partial charge in [0.05, 0.1) is 29.3 Å². The quantitative estimate of drug-likeness (QED) is 0.533. The molecule has 0 saturated carbocycles. The number of aromatic amines is 2. The van der Waals surface area contributed by atoms with Gasteiger partial charge in [0.2, 0.25) is 0 Å². The molecule has 0 aliphatic heterocycles. The van der Waals surface area contributed by atoms with E-state index < -0.39 is 11.1 Å². The van der Waals surface area contributed by atoms with Crippen molar-refractivity contribution >= 4 is 28.5 Å². The number of halogens is 1. The van der Waals surface area contributed by atoms with Gasteiger partial charge in [0.1, 0.15) is 0 Å². The molecular weight excluding hydrogens is 398 g/mol. The Morgan fingerprint density at radius 1 is 1.10 bits per heavy atom. The first-order chi connectivity index (χ1) is 13.8. The van der Waals surface area contributed by atoms with Crippen LogP contribution >= 0.6 is 11.6 Å². The van der Waals surface area contributed by atoms with Gasteiger partial charge in [-0.15, -0.1) is 0 Å². The number of carbonyl (C=O) groups excluding carboxylic acids is 1. The van der Waals surface area contributed by atoms with Crippen LogP contribution in [0.1, 0.15) is 29.8 Å². The monoisotopic (exact) mass is 417 g/mol. The molecular formula is C20H20ClN3O5. The summed E-state index contributed by atoms with van der Waals surface area (Å²) in [5.74, 6) is 0.575. The Balaban J connectivity index is 1.79. The van der Waals surface area contributed by atoms with Crippen molar-refractivity contribution in [3.63, 3.8) is 0 Å². The van der Waals surface area contributed by atoms with Gasteiger partial charge >= 0.3 is 11.1 Å². The summed E-state index contributed by atoms with van der Waals surface area (Å²) in [6.45, 7) is 3.98. The number of nitrogens with one attached hydrogen (secondary N) is 3. The normalized spacial score (nSPS) is 10.9. The van der Waals surface area contributed by atoms with Crippen LogP contribution in [0.4, 0.5) is 0 Å². The molecule has 0 aliphatic rings. The van der Waals surface area contributed by atoms with Crippen LogP contribution in [0.15, 0.2) is 39.9 Å². The highest BCUT2D eigenvalue weighted by Crippen LogP contribution is 2.37. The zero-order chi connectivity index (χ0) is 21.1. The molecule has 0 unspecified atom stereocenters. The lowest BCUT2D eigenvalue weighted by Crippen LogP contribution is -2.29. The lowest BCUT2D eigenvalue weighted by atomic mass is 10.1. The van der Waals surface area contributed by atoms with Gasteiger partial charge in [-0.05, 0) is 49.7 Å². The third-order valence-corrected chi connectivity index (χ3v) is 4.36. The van der Waals surface area contributed by atoms with E-state index in [0.717, 1.165) is 5.56 Å². The SMILES string of the molecule is COc1cc(CNC(=O)c2ccc3[nH]c(=O)c(=O)[nH]c3c2)cc(Cl)c1OC(C)C. The van der Waals surface area contributed by atoms with Crippen LogP contribution < -0.4 is 25.9 Å². The fourth-order valence-electron chi connectivity index (χ4n) is 2.77. The molecule has 0 atom stereocenters. The van der Waals surface area contributed by atoms with Crippen molar-refractivity contribution in [2.75, 3.05) is 7.11 Å². The predicted octanol–water partition coefficient (Wildman–Crippen LogP) is 2.60. The van der Waals surface area contributed by atoms with Crippen LogP contribution in [-0.2, 0) is 6.54 Å². The highest BCUT2D eigenvalue weighted by atomic mass is 35.5. The molecule has 8 nitrogen and oxygen atoms in total. The summed E-state index contributed by atoms with van der Waals surface area (Å²) in [4.78, 5) is 40.2. The maximum atomic E-state index is 12.5. The van der Waals surface area contributed by atoms with Crippen molar-refractivity contribution in [1.29, 1.82) is 0 Å². The van der Waals surface area contributed by atoms with Gasteiger partial charge < -0.3 is 24.8 Å². The van der Waals surface area contributed by atoms with Crippen LogP contribution in [-0.4, -0.2) is 29.1 Å². The zero-order valence-electron chi connectivity index (χ0n) is 16.1. The summed E-state index contributed by atoms with van der Waals surface area (Å²) < 4.78 is 11.0. The molecule has 3 aromatic rings. The van der Waals surface area contributed by atoms with Crippen LogP contribution in [0.2, 0.25) is 5.02 Å².